The molecule has 122 valence electrons. The van der Waals surface area contributed by atoms with Gasteiger partial charge < -0.3 is 8.60 Å². The van der Waals surface area contributed by atoms with Crippen molar-refractivity contribution in [3.05, 3.63) is 72.0 Å². The lowest BCUT2D eigenvalue weighted by Crippen LogP contribution is -2.10. The van der Waals surface area contributed by atoms with Gasteiger partial charge in [-0.3, -0.25) is 4.79 Å². The number of hydrogen-bond acceptors (Lipinski definition) is 5. The number of carbonyl (C=O) groups excluding carboxylic acids is 1. The van der Waals surface area contributed by atoms with Crippen molar-refractivity contribution in [1.29, 1.82) is 0 Å². The quantitative estimate of drug-likeness (QED) is 0.520. The summed E-state index contributed by atoms with van der Waals surface area (Å²) in [6.07, 6.45) is 0.579. The number of carbonyl (C=O) groups is 1. The Morgan fingerprint density at radius 2 is 1.67 bits per heavy atom. The molecule has 0 aliphatic rings. The van der Waals surface area contributed by atoms with Crippen LogP contribution in [0.5, 0.6) is 5.75 Å². The summed E-state index contributed by atoms with van der Waals surface area (Å²) in [6.45, 7) is 1.87. The molecule has 0 N–H and O–H groups in total. The summed E-state index contributed by atoms with van der Waals surface area (Å²) in [5, 5.41) is 0. The third-order valence-corrected chi connectivity index (χ3v) is 4.65. The number of furan rings is 1. The van der Waals surface area contributed by atoms with Gasteiger partial charge >= 0.3 is 10.1 Å². The van der Waals surface area contributed by atoms with Gasteiger partial charge in [0, 0.05) is 0 Å². The van der Waals surface area contributed by atoms with E-state index in [9.17, 15) is 13.2 Å². The maximum absolute atomic E-state index is 12.4. The Bertz CT molecular complexity index is 969. The van der Waals surface area contributed by atoms with E-state index in [0.29, 0.717) is 17.6 Å². The number of aldehydes is 1. The molecule has 0 atom stereocenters. The van der Waals surface area contributed by atoms with Gasteiger partial charge in [-0.15, -0.1) is 0 Å². The van der Waals surface area contributed by atoms with Gasteiger partial charge in [0.15, 0.2) is 17.8 Å². The lowest BCUT2D eigenvalue weighted by atomic mass is 10.1. The molecule has 0 unspecified atom stereocenters. The summed E-state index contributed by atoms with van der Waals surface area (Å²) in [5.41, 5.74) is 1.40. The van der Waals surface area contributed by atoms with Gasteiger partial charge in [-0.25, -0.2) is 0 Å². The highest BCUT2D eigenvalue weighted by Crippen LogP contribution is 2.32. The fourth-order valence-electron chi connectivity index (χ4n) is 2.18. The van der Waals surface area contributed by atoms with Crippen molar-refractivity contribution in [3.8, 4) is 17.1 Å². The number of aryl methyl sites for hydroxylation is 1. The molecule has 2 aromatic carbocycles. The van der Waals surface area contributed by atoms with E-state index in [2.05, 4.69) is 0 Å². The van der Waals surface area contributed by atoms with Crippen LogP contribution in [0.4, 0.5) is 0 Å². The van der Waals surface area contributed by atoms with Crippen molar-refractivity contribution in [3.63, 3.8) is 0 Å². The van der Waals surface area contributed by atoms with E-state index in [1.165, 1.54) is 24.3 Å². The summed E-state index contributed by atoms with van der Waals surface area (Å²) < 4.78 is 35.5. The Hall–Kier alpha value is -2.86. The zero-order valence-electron chi connectivity index (χ0n) is 12.8. The van der Waals surface area contributed by atoms with Crippen molar-refractivity contribution < 1.29 is 21.8 Å². The normalized spacial score (nSPS) is 11.2. The maximum Gasteiger partial charge on any atom is 0.339 e. The first-order valence-electron chi connectivity index (χ1n) is 7.15. The third-order valence-electron chi connectivity index (χ3n) is 3.40. The third kappa shape index (κ3) is 3.23. The van der Waals surface area contributed by atoms with Crippen molar-refractivity contribution in [2.24, 2.45) is 0 Å². The highest BCUT2D eigenvalue weighted by molar-refractivity contribution is 7.87. The Kier molecular flexibility index (Phi) is 4.22. The standard InChI is InChI=1S/C18H14O5S/c1-13-6-9-15(10-7-13)24(20,21)23-18-5-3-2-4-16(18)17-11-8-14(12-19)22-17/h2-12H,1H3. The van der Waals surface area contributed by atoms with Crippen LogP contribution in [0.2, 0.25) is 0 Å². The average molecular weight is 342 g/mol. The molecule has 0 aliphatic heterocycles. The maximum atomic E-state index is 12.4. The van der Waals surface area contributed by atoms with E-state index in [1.807, 2.05) is 6.92 Å². The first-order valence-corrected chi connectivity index (χ1v) is 8.56. The monoisotopic (exact) mass is 342 g/mol. The Balaban J connectivity index is 1.98. The number of benzene rings is 2. The lowest BCUT2D eigenvalue weighted by molar-refractivity contribution is 0.110. The molecule has 1 aromatic heterocycles. The minimum Gasteiger partial charge on any atom is -0.453 e. The molecular weight excluding hydrogens is 328 g/mol. The van der Waals surface area contributed by atoms with Crippen LogP contribution >= 0.6 is 0 Å². The molecule has 0 radical (unpaired) electrons. The van der Waals surface area contributed by atoms with Crippen molar-refractivity contribution in [2.45, 2.75) is 11.8 Å². The molecule has 0 saturated heterocycles. The van der Waals surface area contributed by atoms with Crippen LogP contribution < -0.4 is 4.18 Å². The second kappa shape index (κ2) is 6.33. The summed E-state index contributed by atoms with van der Waals surface area (Å²) >= 11 is 0. The molecule has 0 bridgehead atoms. The second-order valence-corrected chi connectivity index (χ2v) is 6.71. The molecule has 24 heavy (non-hydrogen) atoms. The van der Waals surface area contributed by atoms with E-state index in [0.717, 1.165) is 5.56 Å². The Labute approximate surface area is 139 Å². The van der Waals surface area contributed by atoms with Gasteiger partial charge in [0.2, 0.25) is 0 Å². The van der Waals surface area contributed by atoms with Crippen LogP contribution in [0.1, 0.15) is 16.1 Å². The molecule has 1 heterocycles. The minimum atomic E-state index is -3.97. The van der Waals surface area contributed by atoms with Crippen LogP contribution in [0.25, 0.3) is 11.3 Å². The molecular formula is C18H14O5S. The van der Waals surface area contributed by atoms with E-state index in [-0.39, 0.29) is 16.4 Å². The van der Waals surface area contributed by atoms with E-state index in [1.54, 1.807) is 36.4 Å². The first kappa shape index (κ1) is 16.0. The number of hydrogen-bond donors (Lipinski definition) is 0. The van der Waals surface area contributed by atoms with E-state index >= 15 is 0 Å². The van der Waals surface area contributed by atoms with Gasteiger partial charge in [-0.05, 0) is 43.3 Å². The van der Waals surface area contributed by atoms with Gasteiger partial charge in [0.25, 0.3) is 0 Å². The molecule has 0 amide bonds. The number of para-hydroxylation sites is 1. The van der Waals surface area contributed by atoms with Crippen molar-refractivity contribution >= 4 is 16.4 Å². The minimum absolute atomic E-state index is 0.0657. The van der Waals surface area contributed by atoms with E-state index in [4.69, 9.17) is 8.60 Å². The summed E-state index contributed by atoms with van der Waals surface area (Å²) in [5.74, 6) is 0.637. The molecule has 0 aliphatic carbocycles. The molecule has 3 rings (SSSR count). The molecule has 6 heteroatoms. The lowest BCUT2D eigenvalue weighted by Gasteiger charge is -2.10. The Morgan fingerprint density at radius 1 is 0.958 bits per heavy atom. The smallest absolute Gasteiger partial charge is 0.339 e. The molecule has 3 aromatic rings. The van der Waals surface area contributed by atoms with Crippen molar-refractivity contribution in [2.75, 3.05) is 0 Å². The highest BCUT2D eigenvalue weighted by Gasteiger charge is 2.20. The summed E-state index contributed by atoms with van der Waals surface area (Å²) in [6, 6.07) is 16.1. The van der Waals surface area contributed by atoms with Gasteiger partial charge in [-0.2, -0.15) is 8.42 Å². The van der Waals surface area contributed by atoms with Gasteiger partial charge in [-0.1, -0.05) is 29.8 Å². The fourth-order valence-corrected chi connectivity index (χ4v) is 3.12. The zero-order chi connectivity index (χ0) is 17.2. The molecule has 0 fully saturated rings. The topological polar surface area (TPSA) is 73.6 Å². The summed E-state index contributed by atoms with van der Waals surface area (Å²) in [7, 11) is -3.97. The largest absolute Gasteiger partial charge is 0.453 e. The van der Waals surface area contributed by atoms with Crippen LogP contribution in [0.3, 0.4) is 0 Å². The van der Waals surface area contributed by atoms with Crippen molar-refractivity contribution in [1.82, 2.24) is 0 Å². The number of rotatable bonds is 5. The first-order chi connectivity index (χ1) is 11.5. The van der Waals surface area contributed by atoms with Gasteiger partial charge in [0.05, 0.1) is 5.56 Å². The average Bonchev–Trinajstić information content (AvgIpc) is 3.04. The van der Waals surface area contributed by atoms with Crippen LogP contribution in [0.15, 0.2) is 70.0 Å². The molecule has 0 spiro atoms. The van der Waals surface area contributed by atoms with Gasteiger partial charge in [0.1, 0.15) is 10.7 Å². The molecule has 5 nitrogen and oxygen atoms in total. The Morgan fingerprint density at radius 3 is 2.33 bits per heavy atom. The summed E-state index contributed by atoms with van der Waals surface area (Å²) in [4.78, 5) is 10.8. The van der Waals surface area contributed by atoms with Crippen LogP contribution in [-0.2, 0) is 10.1 Å². The van der Waals surface area contributed by atoms with E-state index < -0.39 is 10.1 Å². The van der Waals surface area contributed by atoms with Crippen LogP contribution in [0, 0.1) is 6.92 Å². The molecule has 0 saturated carbocycles. The SMILES string of the molecule is Cc1ccc(S(=O)(=O)Oc2ccccc2-c2ccc(C=O)o2)cc1. The highest BCUT2D eigenvalue weighted by atomic mass is 32.2. The zero-order valence-corrected chi connectivity index (χ0v) is 13.6. The predicted molar refractivity (Wildman–Crippen MR) is 88.5 cm³/mol. The second-order valence-electron chi connectivity index (χ2n) is 5.17. The van der Waals surface area contributed by atoms with Crippen LogP contribution in [-0.4, -0.2) is 14.7 Å². The fraction of sp³-hybridized carbons (Fsp3) is 0.0556. The predicted octanol–water partition coefficient (Wildman–Crippen LogP) is 3.84.